The Kier molecular flexibility index (Phi) is 6.80. The Hall–Kier alpha value is -3.44. The molecule has 14 nitrogen and oxygen atoms in total. The van der Waals surface area contributed by atoms with E-state index in [1.807, 2.05) is 0 Å². The summed E-state index contributed by atoms with van der Waals surface area (Å²) in [7, 11) is -5.16. The summed E-state index contributed by atoms with van der Waals surface area (Å²) in [5, 5.41) is 59.0. The van der Waals surface area contributed by atoms with Crippen LogP contribution in [0.5, 0.6) is 23.0 Å². The Morgan fingerprint density at radius 2 is 1.67 bits per heavy atom. The lowest BCUT2D eigenvalue weighted by atomic mass is 9.99. The molecule has 7 N–H and O–H groups in total. The fraction of sp³-hybridized carbons (Fsp3) is 0.286. The van der Waals surface area contributed by atoms with E-state index in [1.54, 1.807) is 0 Å². The van der Waals surface area contributed by atoms with Crippen molar-refractivity contribution >= 4 is 21.4 Å². The second kappa shape index (κ2) is 9.55. The van der Waals surface area contributed by atoms with Gasteiger partial charge in [-0.1, -0.05) is 0 Å². The molecule has 1 saturated heterocycles. The molecular weight excluding hydrogens is 508 g/mol. The molecule has 1 fully saturated rings. The van der Waals surface area contributed by atoms with Crippen LogP contribution in [0, 0.1) is 0 Å². The average molecular weight is 528 g/mol. The van der Waals surface area contributed by atoms with E-state index < -0.39 is 70.4 Å². The topological polar surface area (TPSA) is 234 Å². The van der Waals surface area contributed by atoms with Crippen molar-refractivity contribution in [2.75, 3.05) is 6.61 Å². The summed E-state index contributed by atoms with van der Waals surface area (Å²) in [5.74, 6) is -1.84. The highest BCUT2D eigenvalue weighted by Gasteiger charge is 2.48. The molecule has 5 atom stereocenters. The summed E-state index contributed by atoms with van der Waals surface area (Å²) in [6.07, 6.45) is -9.10. The van der Waals surface area contributed by atoms with Crippen LogP contribution in [0.1, 0.15) is 0 Å². The molecule has 0 saturated carbocycles. The van der Waals surface area contributed by atoms with Crippen LogP contribution in [0.15, 0.2) is 45.6 Å². The van der Waals surface area contributed by atoms with E-state index in [0.29, 0.717) is 0 Å². The SMILES string of the molecule is O=c1cc(-c2ccc(O)c(O)c2)oc2cc(O[C@@H]3OC(CO)[C@@H](O)[C@H](O)C3OS(=O)(=O)O)cc(O)c12. The number of aromatic hydroxyl groups is 3. The third-order valence-corrected chi connectivity index (χ3v) is 5.82. The fourth-order valence-electron chi connectivity index (χ4n) is 3.66. The summed E-state index contributed by atoms with van der Waals surface area (Å²) < 4.78 is 52.3. The largest absolute Gasteiger partial charge is 0.507 e. The van der Waals surface area contributed by atoms with Gasteiger partial charge in [0.15, 0.2) is 23.0 Å². The predicted octanol–water partition coefficient (Wildman–Crippen LogP) is -0.417. The standard InChI is InChI=1S/C21H20O14S/c22-7-16-18(27)19(28)20(35-36(29,30)31)21(34-16)32-9-4-12(25)17-13(26)6-14(33-15(17)5-9)8-1-2-10(23)11(24)3-8/h1-6,16,18-25,27-28H,7H2,(H,29,30,31)/t16?,18-,19+,20?,21-/m1/s1. The van der Waals surface area contributed by atoms with Crippen molar-refractivity contribution in [3.05, 3.63) is 46.6 Å². The van der Waals surface area contributed by atoms with Gasteiger partial charge in [0.2, 0.25) is 6.29 Å². The van der Waals surface area contributed by atoms with Crippen molar-refractivity contribution in [2.24, 2.45) is 0 Å². The van der Waals surface area contributed by atoms with Crippen molar-refractivity contribution in [3.63, 3.8) is 0 Å². The van der Waals surface area contributed by atoms with E-state index in [1.165, 1.54) is 12.1 Å². The molecule has 0 spiro atoms. The van der Waals surface area contributed by atoms with Crippen LogP contribution < -0.4 is 10.2 Å². The van der Waals surface area contributed by atoms with E-state index in [0.717, 1.165) is 24.3 Å². The zero-order chi connectivity index (χ0) is 26.4. The third kappa shape index (κ3) is 5.07. The first-order valence-electron chi connectivity index (χ1n) is 10.2. The van der Waals surface area contributed by atoms with Crippen LogP contribution in [-0.2, 0) is 19.3 Å². The second-order valence-corrected chi connectivity index (χ2v) is 8.85. The van der Waals surface area contributed by atoms with E-state index in [9.17, 15) is 43.9 Å². The van der Waals surface area contributed by atoms with Gasteiger partial charge in [0.25, 0.3) is 0 Å². The molecule has 0 amide bonds. The number of phenols is 3. The fourth-order valence-corrected chi connectivity index (χ4v) is 4.14. The number of aliphatic hydroxyl groups is 3. The van der Waals surface area contributed by atoms with Gasteiger partial charge in [-0.05, 0) is 18.2 Å². The van der Waals surface area contributed by atoms with Crippen LogP contribution in [0.2, 0.25) is 0 Å². The number of phenolic OH excluding ortho intramolecular Hbond substituents is 3. The summed E-state index contributed by atoms with van der Waals surface area (Å²) in [4.78, 5) is 12.6. The summed E-state index contributed by atoms with van der Waals surface area (Å²) in [6.45, 7) is -0.808. The first-order chi connectivity index (χ1) is 16.9. The first kappa shape index (κ1) is 25.6. The molecule has 2 heterocycles. The third-order valence-electron chi connectivity index (χ3n) is 5.35. The minimum atomic E-state index is -5.16. The Morgan fingerprint density at radius 3 is 2.31 bits per heavy atom. The molecule has 2 unspecified atom stereocenters. The number of rotatable bonds is 6. The Morgan fingerprint density at radius 1 is 0.944 bits per heavy atom. The van der Waals surface area contributed by atoms with Crippen molar-refractivity contribution in [3.8, 4) is 34.3 Å². The zero-order valence-electron chi connectivity index (χ0n) is 18.0. The van der Waals surface area contributed by atoms with E-state index in [4.69, 9.17) is 18.4 Å². The molecule has 0 aliphatic carbocycles. The molecule has 2 aromatic carbocycles. The number of ether oxygens (including phenoxy) is 2. The van der Waals surface area contributed by atoms with Gasteiger partial charge in [0, 0.05) is 23.8 Å². The van der Waals surface area contributed by atoms with Gasteiger partial charge in [-0.3, -0.25) is 9.35 Å². The first-order valence-corrected chi connectivity index (χ1v) is 11.5. The number of hydrogen-bond donors (Lipinski definition) is 7. The quantitative estimate of drug-likeness (QED) is 0.159. The zero-order valence-corrected chi connectivity index (χ0v) is 18.8. The number of hydrogen-bond acceptors (Lipinski definition) is 13. The minimum absolute atomic E-state index is 0.0558. The van der Waals surface area contributed by atoms with Gasteiger partial charge in [-0.2, -0.15) is 8.42 Å². The molecule has 1 aromatic heterocycles. The lowest BCUT2D eigenvalue weighted by molar-refractivity contribution is -0.271. The lowest BCUT2D eigenvalue weighted by Crippen LogP contribution is -2.61. The molecule has 1 aliphatic heterocycles. The molecule has 1 aliphatic rings. The van der Waals surface area contributed by atoms with E-state index in [-0.39, 0.29) is 28.0 Å². The number of benzene rings is 2. The maximum atomic E-state index is 12.6. The molecular formula is C21H20O14S. The Bertz CT molecular complexity index is 1450. The van der Waals surface area contributed by atoms with Gasteiger partial charge in [-0.15, -0.1) is 0 Å². The number of aliphatic hydroxyl groups excluding tert-OH is 3. The molecule has 4 rings (SSSR count). The van der Waals surface area contributed by atoms with Gasteiger partial charge >= 0.3 is 10.4 Å². The molecule has 3 aromatic rings. The van der Waals surface area contributed by atoms with E-state index in [2.05, 4.69) is 4.18 Å². The lowest BCUT2D eigenvalue weighted by Gasteiger charge is -2.40. The summed E-state index contributed by atoms with van der Waals surface area (Å²) >= 11 is 0. The van der Waals surface area contributed by atoms with Crippen LogP contribution in [-0.4, -0.2) is 80.9 Å². The summed E-state index contributed by atoms with van der Waals surface area (Å²) in [5.41, 5.74) is -0.694. The second-order valence-electron chi connectivity index (χ2n) is 7.81. The van der Waals surface area contributed by atoms with Crippen molar-refractivity contribution in [1.82, 2.24) is 0 Å². The minimum Gasteiger partial charge on any atom is -0.507 e. The van der Waals surface area contributed by atoms with Crippen LogP contribution in [0.25, 0.3) is 22.3 Å². The van der Waals surface area contributed by atoms with Gasteiger partial charge in [0.1, 0.15) is 46.5 Å². The van der Waals surface area contributed by atoms with Gasteiger partial charge < -0.3 is 44.5 Å². The van der Waals surface area contributed by atoms with Crippen LogP contribution >= 0.6 is 0 Å². The molecule has 15 heteroatoms. The normalized spacial score (nSPS) is 24.6. The predicted molar refractivity (Wildman–Crippen MR) is 118 cm³/mol. The van der Waals surface area contributed by atoms with Crippen molar-refractivity contribution in [1.29, 1.82) is 0 Å². The maximum Gasteiger partial charge on any atom is 0.397 e. The highest BCUT2D eigenvalue weighted by Crippen LogP contribution is 2.35. The highest BCUT2D eigenvalue weighted by atomic mass is 32.3. The molecule has 0 bridgehead atoms. The smallest absolute Gasteiger partial charge is 0.397 e. The van der Waals surface area contributed by atoms with Crippen LogP contribution in [0.3, 0.4) is 0 Å². The maximum absolute atomic E-state index is 12.6. The molecule has 36 heavy (non-hydrogen) atoms. The molecule has 194 valence electrons. The monoisotopic (exact) mass is 528 g/mol. The highest BCUT2D eigenvalue weighted by molar-refractivity contribution is 7.80. The van der Waals surface area contributed by atoms with Crippen molar-refractivity contribution in [2.45, 2.75) is 30.7 Å². The Balaban J connectivity index is 1.75. The number of fused-ring (bicyclic) bond motifs is 1. The van der Waals surface area contributed by atoms with Crippen molar-refractivity contribution < 1.29 is 61.7 Å². The summed E-state index contributed by atoms with van der Waals surface area (Å²) in [6, 6.07) is 6.75. The van der Waals surface area contributed by atoms with Gasteiger partial charge in [-0.25, -0.2) is 4.18 Å². The average Bonchev–Trinajstić information content (AvgIpc) is 2.79. The van der Waals surface area contributed by atoms with E-state index >= 15 is 0 Å². The van der Waals surface area contributed by atoms with Crippen LogP contribution in [0.4, 0.5) is 0 Å². The van der Waals surface area contributed by atoms with Gasteiger partial charge in [0.05, 0.1) is 6.61 Å². The Labute approximate surface area is 201 Å². The molecule has 0 radical (unpaired) electrons.